The molecule has 0 atom stereocenters. The number of hydrogen-bond donors (Lipinski definition) is 1. The topological polar surface area (TPSA) is 114 Å². The van der Waals surface area contributed by atoms with Crippen molar-refractivity contribution in [3.8, 4) is 11.9 Å². The first-order chi connectivity index (χ1) is 10.1. The Hall–Kier alpha value is -3.21. The van der Waals surface area contributed by atoms with E-state index in [2.05, 4.69) is 15.3 Å². The zero-order valence-corrected chi connectivity index (χ0v) is 11.1. The zero-order chi connectivity index (χ0) is 15.2. The second kappa shape index (κ2) is 6.29. The fourth-order valence-corrected chi connectivity index (χ4v) is 1.61. The van der Waals surface area contributed by atoms with Gasteiger partial charge in [-0.25, -0.2) is 9.97 Å². The average Bonchev–Trinajstić information content (AvgIpc) is 2.52. The van der Waals surface area contributed by atoms with Crippen LogP contribution in [0.3, 0.4) is 0 Å². The average molecular weight is 285 g/mol. The minimum Gasteiger partial charge on any atom is -0.481 e. The molecule has 2 aromatic heterocycles. The molecule has 2 heterocycles. The minimum atomic E-state index is -0.636. The van der Waals surface area contributed by atoms with Gasteiger partial charge < -0.3 is 10.1 Å². The van der Waals surface area contributed by atoms with E-state index in [-0.39, 0.29) is 11.4 Å². The summed E-state index contributed by atoms with van der Waals surface area (Å²) in [6.45, 7) is 0.423. The summed E-state index contributed by atoms with van der Waals surface area (Å²) in [4.78, 5) is 18.0. The molecule has 0 aliphatic carbocycles. The van der Waals surface area contributed by atoms with E-state index in [1.165, 1.54) is 19.2 Å². The van der Waals surface area contributed by atoms with Gasteiger partial charge in [0.2, 0.25) is 11.6 Å². The van der Waals surface area contributed by atoms with Gasteiger partial charge in [-0.15, -0.1) is 0 Å². The fourth-order valence-electron chi connectivity index (χ4n) is 1.61. The van der Waals surface area contributed by atoms with Gasteiger partial charge in [0.1, 0.15) is 11.9 Å². The first-order valence-electron chi connectivity index (χ1n) is 5.92. The van der Waals surface area contributed by atoms with Gasteiger partial charge in [0.05, 0.1) is 12.0 Å². The molecule has 0 fully saturated rings. The Labute approximate surface area is 120 Å². The van der Waals surface area contributed by atoms with Gasteiger partial charge in [0, 0.05) is 24.9 Å². The number of methoxy groups -OCH3 is 1. The molecule has 2 rings (SSSR count). The third kappa shape index (κ3) is 3.42. The number of nitrogens with zero attached hydrogens (tertiary/aromatic N) is 4. The first-order valence-corrected chi connectivity index (χ1v) is 5.92. The lowest BCUT2D eigenvalue weighted by molar-refractivity contribution is -0.385. The standard InChI is InChI=1S/C13H11N5O3/c1-21-13-5-2-9(8-16-13)7-15-12-4-3-11(18(19)20)10(6-14)17-12/h2-5,8H,7H2,1H3,(H,15,17). The lowest BCUT2D eigenvalue weighted by Gasteiger charge is -2.06. The summed E-state index contributed by atoms with van der Waals surface area (Å²) < 4.78 is 4.95. The van der Waals surface area contributed by atoms with Crippen molar-refractivity contribution in [2.24, 2.45) is 0 Å². The van der Waals surface area contributed by atoms with Crippen molar-refractivity contribution in [2.75, 3.05) is 12.4 Å². The molecule has 0 aliphatic rings. The predicted molar refractivity (Wildman–Crippen MR) is 73.7 cm³/mol. The normalized spacial score (nSPS) is 9.71. The van der Waals surface area contributed by atoms with E-state index in [0.717, 1.165) is 5.56 Å². The molecule has 1 N–H and O–H groups in total. The Bertz CT molecular complexity index is 694. The van der Waals surface area contributed by atoms with Crippen LogP contribution in [0.5, 0.6) is 5.88 Å². The molecule has 0 bridgehead atoms. The molecule has 2 aromatic rings. The van der Waals surface area contributed by atoms with E-state index in [1.54, 1.807) is 18.3 Å². The third-order valence-electron chi connectivity index (χ3n) is 2.66. The second-order valence-electron chi connectivity index (χ2n) is 4.00. The molecule has 8 heteroatoms. The molecule has 21 heavy (non-hydrogen) atoms. The van der Waals surface area contributed by atoms with Crippen LogP contribution in [0.4, 0.5) is 11.5 Å². The van der Waals surface area contributed by atoms with E-state index in [9.17, 15) is 10.1 Å². The van der Waals surface area contributed by atoms with E-state index >= 15 is 0 Å². The van der Waals surface area contributed by atoms with Crippen LogP contribution in [0.25, 0.3) is 0 Å². The molecular formula is C13H11N5O3. The molecule has 8 nitrogen and oxygen atoms in total. The van der Waals surface area contributed by atoms with E-state index in [0.29, 0.717) is 18.2 Å². The molecule has 0 amide bonds. The maximum atomic E-state index is 10.7. The molecule has 0 aromatic carbocycles. The number of ether oxygens (including phenoxy) is 1. The van der Waals surface area contributed by atoms with Gasteiger partial charge in [-0.05, 0) is 11.6 Å². The Morgan fingerprint density at radius 1 is 1.43 bits per heavy atom. The summed E-state index contributed by atoms with van der Waals surface area (Å²) in [6, 6.07) is 7.97. The highest BCUT2D eigenvalue weighted by molar-refractivity contribution is 5.50. The minimum absolute atomic E-state index is 0.224. The van der Waals surface area contributed by atoms with Crippen molar-refractivity contribution in [1.29, 1.82) is 5.26 Å². The van der Waals surface area contributed by atoms with Gasteiger partial charge in [0.25, 0.3) is 0 Å². The summed E-state index contributed by atoms with van der Waals surface area (Å²) in [5.41, 5.74) is 0.349. The highest BCUT2D eigenvalue weighted by Gasteiger charge is 2.15. The Morgan fingerprint density at radius 2 is 2.24 bits per heavy atom. The largest absolute Gasteiger partial charge is 0.481 e. The van der Waals surface area contributed by atoms with E-state index < -0.39 is 4.92 Å². The van der Waals surface area contributed by atoms with Crippen LogP contribution in [0.15, 0.2) is 30.5 Å². The lowest BCUT2D eigenvalue weighted by atomic mass is 10.2. The molecule has 0 spiro atoms. The van der Waals surface area contributed by atoms with Crippen molar-refractivity contribution in [3.63, 3.8) is 0 Å². The predicted octanol–water partition coefficient (Wildman–Crippen LogP) is 1.88. The van der Waals surface area contributed by atoms with E-state index in [4.69, 9.17) is 10.00 Å². The molecule has 106 valence electrons. The summed E-state index contributed by atoms with van der Waals surface area (Å²) >= 11 is 0. The monoisotopic (exact) mass is 285 g/mol. The Morgan fingerprint density at radius 3 is 2.81 bits per heavy atom. The SMILES string of the molecule is COc1ccc(CNc2ccc([N+](=O)[O-])c(C#N)n2)cn1. The molecule has 0 saturated heterocycles. The number of nitro groups is 1. The van der Waals surface area contributed by atoms with E-state index in [1.807, 2.05) is 6.07 Å². The van der Waals surface area contributed by atoms with Crippen molar-refractivity contribution >= 4 is 11.5 Å². The lowest BCUT2D eigenvalue weighted by Crippen LogP contribution is -2.04. The van der Waals surface area contributed by atoms with Crippen LogP contribution in [-0.2, 0) is 6.54 Å². The van der Waals surface area contributed by atoms with Crippen LogP contribution in [-0.4, -0.2) is 22.0 Å². The van der Waals surface area contributed by atoms with Crippen LogP contribution in [0, 0.1) is 21.4 Å². The second-order valence-corrected chi connectivity index (χ2v) is 4.00. The van der Waals surface area contributed by atoms with Crippen LogP contribution in [0.2, 0.25) is 0 Å². The van der Waals surface area contributed by atoms with Gasteiger partial charge >= 0.3 is 5.69 Å². The van der Waals surface area contributed by atoms with Gasteiger partial charge in [-0.2, -0.15) is 5.26 Å². The molecule has 0 unspecified atom stereocenters. The number of rotatable bonds is 5. The van der Waals surface area contributed by atoms with Gasteiger partial charge in [0.15, 0.2) is 0 Å². The number of anilines is 1. The van der Waals surface area contributed by atoms with Gasteiger partial charge in [-0.1, -0.05) is 6.07 Å². The first kappa shape index (κ1) is 14.2. The molecule has 0 radical (unpaired) electrons. The van der Waals surface area contributed by atoms with Crippen molar-refractivity contribution in [2.45, 2.75) is 6.54 Å². The van der Waals surface area contributed by atoms with Gasteiger partial charge in [-0.3, -0.25) is 10.1 Å². The van der Waals surface area contributed by atoms with Crippen LogP contribution < -0.4 is 10.1 Å². The van der Waals surface area contributed by atoms with Crippen molar-refractivity contribution in [3.05, 3.63) is 51.8 Å². The van der Waals surface area contributed by atoms with Crippen LogP contribution in [0.1, 0.15) is 11.3 Å². The molecular weight excluding hydrogens is 274 g/mol. The van der Waals surface area contributed by atoms with Crippen molar-refractivity contribution < 1.29 is 9.66 Å². The fraction of sp³-hybridized carbons (Fsp3) is 0.154. The summed E-state index contributed by atoms with van der Waals surface area (Å²) in [6.07, 6.45) is 1.64. The maximum Gasteiger partial charge on any atom is 0.305 e. The Kier molecular flexibility index (Phi) is 4.26. The summed E-state index contributed by atoms with van der Waals surface area (Å²) in [5, 5.41) is 22.5. The quantitative estimate of drug-likeness (QED) is 0.658. The number of nitrogens with one attached hydrogen (secondary N) is 1. The Balaban J connectivity index is 2.09. The number of aromatic nitrogens is 2. The number of pyridine rings is 2. The molecule has 0 saturated carbocycles. The summed E-state index contributed by atoms with van der Waals surface area (Å²) in [5.74, 6) is 0.895. The smallest absolute Gasteiger partial charge is 0.305 e. The van der Waals surface area contributed by atoms with Crippen molar-refractivity contribution in [1.82, 2.24) is 9.97 Å². The highest BCUT2D eigenvalue weighted by Crippen LogP contribution is 2.18. The molecule has 0 aliphatic heterocycles. The number of hydrogen-bond acceptors (Lipinski definition) is 7. The summed E-state index contributed by atoms with van der Waals surface area (Å²) in [7, 11) is 1.53. The highest BCUT2D eigenvalue weighted by atomic mass is 16.6. The zero-order valence-electron chi connectivity index (χ0n) is 11.1. The number of nitriles is 1. The third-order valence-corrected chi connectivity index (χ3v) is 2.66. The van der Waals surface area contributed by atoms with Crippen LogP contribution >= 0.6 is 0 Å². The maximum absolute atomic E-state index is 10.7.